The van der Waals surface area contributed by atoms with Crippen LogP contribution in [0.5, 0.6) is 0 Å². The summed E-state index contributed by atoms with van der Waals surface area (Å²) in [5.41, 5.74) is 1.35. The Morgan fingerprint density at radius 1 is 1.40 bits per heavy atom. The van der Waals surface area contributed by atoms with Gasteiger partial charge in [0.2, 0.25) is 0 Å². The van der Waals surface area contributed by atoms with Crippen LogP contribution in [0.2, 0.25) is 0 Å². The van der Waals surface area contributed by atoms with E-state index in [1.165, 1.54) is 0 Å². The maximum atomic E-state index is 10.8. The summed E-state index contributed by atoms with van der Waals surface area (Å²) in [6, 6.07) is 5.83. The van der Waals surface area contributed by atoms with Crippen molar-refractivity contribution in [1.82, 2.24) is 9.38 Å². The van der Waals surface area contributed by atoms with Gasteiger partial charge in [-0.3, -0.25) is 9.20 Å². The lowest BCUT2D eigenvalue weighted by molar-refractivity contribution is 0.112. The normalized spacial score (nSPS) is 10.6. The molecule has 0 aliphatic rings. The van der Waals surface area contributed by atoms with Gasteiger partial charge in [0.15, 0.2) is 6.29 Å². The third-order valence-corrected chi connectivity index (χ3v) is 2.41. The molecule has 2 rings (SSSR count). The highest BCUT2D eigenvalue weighted by Gasteiger charge is 2.10. The van der Waals surface area contributed by atoms with Crippen molar-refractivity contribution in [2.75, 3.05) is 19.0 Å². The van der Waals surface area contributed by atoms with Crippen LogP contribution in [0.3, 0.4) is 0 Å². The van der Waals surface area contributed by atoms with Crippen molar-refractivity contribution in [3.05, 3.63) is 29.7 Å². The van der Waals surface area contributed by atoms with Crippen molar-refractivity contribution < 1.29 is 4.79 Å². The molecule has 0 unspecified atom stereocenters. The molecule has 2 aromatic heterocycles. The number of fused-ring (bicyclic) bond motifs is 1. The van der Waals surface area contributed by atoms with E-state index in [9.17, 15) is 4.79 Å². The van der Waals surface area contributed by atoms with E-state index in [0.717, 1.165) is 23.4 Å². The molecule has 15 heavy (non-hydrogen) atoms. The molecule has 0 saturated heterocycles. The number of carbonyl (C=O) groups excluding carboxylic acids is 1. The standard InChI is InChI=1S/C11H13N3O/c1-8-12-9(7-15)10-5-4-6-11(13(2)3)14(8)10/h4-7H,1-3H3. The molecular weight excluding hydrogens is 190 g/mol. The van der Waals surface area contributed by atoms with E-state index < -0.39 is 0 Å². The van der Waals surface area contributed by atoms with Gasteiger partial charge in [-0.1, -0.05) is 6.07 Å². The molecular formula is C11H13N3O. The molecule has 0 aliphatic carbocycles. The van der Waals surface area contributed by atoms with Gasteiger partial charge in [-0.15, -0.1) is 0 Å². The summed E-state index contributed by atoms with van der Waals surface area (Å²) in [6.45, 7) is 1.90. The lowest BCUT2D eigenvalue weighted by atomic mass is 10.3. The fourth-order valence-corrected chi connectivity index (χ4v) is 1.76. The van der Waals surface area contributed by atoms with Crippen LogP contribution in [-0.4, -0.2) is 29.8 Å². The monoisotopic (exact) mass is 203 g/mol. The van der Waals surface area contributed by atoms with Crippen LogP contribution in [0.4, 0.5) is 5.82 Å². The Morgan fingerprint density at radius 3 is 2.73 bits per heavy atom. The Labute approximate surface area is 88.2 Å². The topological polar surface area (TPSA) is 37.6 Å². The second-order valence-electron chi connectivity index (χ2n) is 3.66. The van der Waals surface area contributed by atoms with Gasteiger partial charge in [0, 0.05) is 14.1 Å². The first-order valence-corrected chi connectivity index (χ1v) is 4.75. The van der Waals surface area contributed by atoms with Gasteiger partial charge in [-0.2, -0.15) is 0 Å². The molecule has 2 aromatic rings. The van der Waals surface area contributed by atoms with Gasteiger partial charge in [-0.05, 0) is 19.1 Å². The highest BCUT2D eigenvalue weighted by atomic mass is 16.1. The maximum Gasteiger partial charge on any atom is 0.170 e. The summed E-state index contributed by atoms with van der Waals surface area (Å²) in [5, 5.41) is 0. The van der Waals surface area contributed by atoms with E-state index in [1.54, 1.807) is 0 Å². The Bertz CT molecular complexity index is 514. The molecule has 0 fully saturated rings. The number of anilines is 1. The maximum absolute atomic E-state index is 10.8. The minimum atomic E-state index is 0.496. The lowest BCUT2D eigenvalue weighted by Crippen LogP contribution is -2.13. The molecule has 0 saturated carbocycles. The SMILES string of the molecule is Cc1nc(C=O)c2cccc(N(C)C)n12. The first-order valence-electron chi connectivity index (χ1n) is 4.75. The van der Waals surface area contributed by atoms with Gasteiger partial charge in [0.1, 0.15) is 17.3 Å². The second kappa shape index (κ2) is 3.38. The number of imidazole rings is 1. The summed E-state index contributed by atoms with van der Waals surface area (Å²) in [7, 11) is 3.93. The van der Waals surface area contributed by atoms with Crippen molar-refractivity contribution >= 4 is 17.6 Å². The number of carbonyl (C=O) groups is 1. The van der Waals surface area contributed by atoms with E-state index in [4.69, 9.17) is 0 Å². The molecule has 0 N–H and O–H groups in total. The Kier molecular flexibility index (Phi) is 2.19. The van der Waals surface area contributed by atoms with Crippen LogP contribution in [0.1, 0.15) is 16.3 Å². The minimum absolute atomic E-state index is 0.496. The summed E-state index contributed by atoms with van der Waals surface area (Å²) in [4.78, 5) is 17.0. The number of pyridine rings is 1. The predicted molar refractivity (Wildman–Crippen MR) is 59.6 cm³/mol. The Hall–Kier alpha value is -1.84. The first kappa shape index (κ1) is 9.71. The third-order valence-electron chi connectivity index (χ3n) is 2.41. The molecule has 0 amide bonds. The average molecular weight is 203 g/mol. The number of aldehydes is 1. The third kappa shape index (κ3) is 1.38. The highest BCUT2D eigenvalue weighted by Crippen LogP contribution is 2.19. The Balaban J connectivity index is 2.85. The molecule has 4 nitrogen and oxygen atoms in total. The van der Waals surface area contributed by atoms with Crippen LogP contribution in [-0.2, 0) is 0 Å². The van der Waals surface area contributed by atoms with Gasteiger partial charge in [-0.25, -0.2) is 4.98 Å². The van der Waals surface area contributed by atoms with E-state index in [2.05, 4.69) is 4.98 Å². The number of hydrogen-bond acceptors (Lipinski definition) is 3. The van der Waals surface area contributed by atoms with Crippen LogP contribution in [0.15, 0.2) is 18.2 Å². The average Bonchev–Trinajstić information content (AvgIpc) is 2.55. The zero-order valence-corrected chi connectivity index (χ0v) is 9.06. The summed E-state index contributed by atoms with van der Waals surface area (Å²) < 4.78 is 1.98. The summed E-state index contributed by atoms with van der Waals surface area (Å²) >= 11 is 0. The first-order chi connectivity index (χ1) is 7.15. The van der Waals surface area contributed by atoms with E-state index in [1.807, 2.05) is 48.5 Å². The minimum Gasteiger partial charge on any atom is -0.364 e. The van der Waals surface area contributed by atoms with Crippen molar-refractivity contribution in [2.45, 2.75) is 6.92 Å². The van der Waals surface area contributed by atoms with Crippen LogP contribution in [0, 0.1) is 6.92 Å². The lowest BCUT2D eigenvalue weighted by Gasteiger charge is -2.15. The highest BCUT2D eigenvalue weighted by molar-refractivity contribution is 5.84. The van der Waals surface area contributed by atoms with Gasteiger partial charge in [0.25, 0.3) is 0 Å². The quantitative estimate of drug-likeness (QED) is 0.694. The molecule has 0 radical (unpaired) electrons. The molecule has 0 bridgehead atoms. The van der Waals surface area contributed by atoms with E-state index in [0.29, 0.717) is 5.69 Å². The predicted octanol–water partition coefficient (Wildman–Crippen LogP) is 1.52. The van der Waals surface area contributed by atoms with Crippen LogP contribution in [0.25, 0.3) is 5.52 Å². The molecule has 0 atom stereocenters. The number of aromatic nitrogens is 2. The molecule has 4 heteroatoms. The number of aryl methyl sites for hydroxylation is 1. The number of rotatable bonds is 2. The number of hydrogen-bond donors (Lipinski definition) is 0. The van der Waals surface area contributed by atoms with Crippen LogP contribution < -0.4 is 4.90 Å². The zero-order valence-electron chi connectivity index (χ0n) is 9.06. The zero-order chi connectivity index (χ0) is 11.0. The van der Waals surface area contributed by atoms with Gasteiger partial charge in [0.05, 0.1) is 5.52 Å². The molecule has 0 aromatic carbocycles. The molecule has 2 heterocycles. The smallest absolute Gasteiger partial charge is 0.170 e. The molecule has 78 valence electrons. The fraction of sp³-hybridized carbons (Fsp3) is 0.273. The molecule has 0 spiro atoms. The second-order valence-corrected chi connectivity index (χ2v) is 3.66. The van der Waals surface area contributed by atoms with Crippen molar-refractivity contribution in [3.63, 3.8) is 0 Å². The van der Waals surface area contributed by atoms with Gasteiger partial charge < -0.3 is 4.90 Å². The van der Waals surface area contributed by atoms with Crippen molar-refractivity contribution in [2.24, 2.45) is 0 Å². The summed E-state index contributed by atoms with van der Waals surface area (Å²) in [6.07, 6.45) is 0.793. The Morgan fingerprint density at radius 2 is 2.13 bits per heavy atom. The van der Waals surface area contributed by atoms with E-state index in [-0.39, 0.29) is 0 Å². The van der Waals surface area contributed by atoms with E-state index >= 15 is 0 Å². The number of nitrogens with zero attached hydrogens (tertiary/aromatic N) is 3. The van der Waals surface area contributed by atoms with Gasteiger partial charge >= 0.3 is 0 Å². The van der Waals surface area contributed by atoms with Crippen molar-refractivity contribution in [1.29, 1.82) is 0 Å². The largest absolute Gasteiger partial charge is 0.364 e. The summed E-state index contributed by atoms with van der Waals surface area (Å²) in [5.74, 6) is 1.85. The fourth-order valence-electron chi connectivity index (χ4n) is 1.76. The van der Waals surface area contributed by atoms with Crippen LogP contribution >= 0.6 is 0 Å². The van der Waals surface area contributed by atoms with Crippen molar-refractivity contribution in [3.8, 4) is 0 Å². The molecule has 0 aliphatic heterocycles.